The predicted octanol–water partition coefficient (Wildman–Crippen LogP) is 3.99. The Morgan fingerprint density at radius 1 is 1.00 bits per heavy atom. The van der Waals surface area contributed by atoms with Crippen molar-refractivity contribution in [1.29, 1.82) is 0 Å². The molecule has 2 rings (SSSR count). The van der Waals surface area contributed by atoms with Gasteiger partial charge in [-0.25, -0.2) is 4.79 Å². The van der Waals surface area contributed by atoms with Crippen LogP contribution in [-0.2, 0) is 6.42 Å². The van der Waals surface area contributed by atoms with E-state index in [0.717, 1.165) is 6.42 Å². The smallest absolute Gasteiger partial charge is 0.449 e. The first-order valence-electron chi connectivity index (χ1n) is 5.72. The minimum Gasteiger partial charge on any atom is -0.449 e. The van der Waals surface area contributed by atoms with Crippen LogP contribution in [0.25, 0.3) is 0 Å². The maximum Gasteiger partial charge on any atom is 0.511 e. The van der Waals surface area contributed by atoms with Gasteiger partial charge in [0.1, 0.15) is 5.75 Å². The zero-order valence-electron chi connectivity index (χ0n) is 10.2. The van der Waals surface area contributed by atoms with Crippen molar-refractivity contribution in [3.63, 3.8) is 0 Å². The van der Waals surface area contributed by atoms with Crippen LogP contribution in [-0.4, -0.2) is 11.3 Å². The lowest BCUT2D eigenvalue weighted by Gasteiger charge is -1.95. The van der Waals surface area contributed by atoms with Crippen LogP contribution in [0.2, 0.25) is 0 Å². The summed E-state index contributed by atoms with van der Waals surface area (Å²) in [6, 6.07) is 18.8. The lowest BCUT2D eigenvalue weighted by Crippen LogP contribution is -2.02. The number of hydrogen-bond acceptors (Lipinski definition) is 2. The second-order valence-corrected chi connectivity index (χ2v) is 3.52. The normalized spacial score (nSPS) is 8.94. The fourth-order valence-electron chi connectivity index (χ4n) is 1.30. The fourth-order valence-corrected chi connectivity index (χ4v) is 1.30. The third kappa shape index (κ3) is 5.70. The Bertz CT molecular complexity index is 452. The topological polar surface area (TPSA) is 46.5 Å². The summed E-state index contributed by atoms with van der Waals surface area (Å²) in [5.74, 6) is 0.343. The Morgan fingerprint density at radius 2 is 1.50 bits per heavy atom. The summed E-state index contributed by atoms with van der Waals surface area (Å²) in [4.78, 5) is 9.95. The van der Waals surface area contributed by atoms with Gasteiger partial charge in [0.2, 0.25) is 0 Å². The predicted molar refractivity (Wildman–Crippen MR) is 70.9 cm³/mol. The third-order valence-corrected chi connectivity index (χ3v) is 2.20. The van der Waals surface area contributed by atoms with E-state index in [0.29, 0.717) is 5.75 Å². The first kappa shape index (κ1) is 13.8. The molecule has 0 spiro atoms. The lowest BCUT2D eigenvalue weighted by atomic mass is 10.2. The molecule has 18 heavy (non-hydrogen) atoms. The average molecular weight is 244 g/mol. The van der Waals surface area contributed by atoms with Crippen molar-refractivity contribution in [3.05, 3.63) is 66.2 Å². The maximum atomic E-state index is 9.95. The summed E-state index contributed by atoms with van der Waals surface area (Å²) >= 11 is 0. The average Bonchev–Trinajstić information content (AvgIpc) is 2.41. The van der Waals surface area contributed by atoms with Gasteiger partial charge in [0.25, 0.3) is 0 Å². The highest BCUT2D eigenvalue weighted by Crippen LogP contribution is 2.07. The second-order valence-electron chi connectivity index (χ2n) is 3.52. The Labute approximate surface area is 107 Å². The molecule has 0 aliphatic rings. The summed E-state index contributed by atoms with van der Waals surface area (Å²) in [6.07, 6.45) is -0.146. The molecule has 0 aliphatic carbocycles. The second kappa shape index (κ2) is 7.90. The molecule has 0 heterocycles. The van der Waals surface area contributed by atoms with Gasteiger partial charge in [0.05, 0.1) is 0 Å². The Hall–Kier alpha value is -2.29. The number of para-hydroxylation sites is 1. The third-order valence-electron chi connectivity index (χ3n) is 2.20. The van der Waals surface area contributed by atoms with Gasteiger partial charge in [-0.05, 0) is 24.1 Å². The van der Waals surface area contributed by atoms with Gasteiger partial charge >= 0.3 is 6.16 Å². The standard InChI is InChI=1S/C8H10.C7H6O3/c1-2-8-6-4-3-5-7-8;8-7(9)10-6-4-2-1-3-5-6/h3-7H,2H2,1H3;1-5H,(H,8,9). The van der Waals surface area contributed by atoms with E-state index in [9.17, 15) is 4.79 Å². The Kier molecular flexibility index (Phi) is 6.04. The number of hydrogen-bond donors (Lipinski definition) is 1. The molecule has 0 radical (unpaired) electrons. The molecule has 0 aromatic heterocycles. The zero-order valence-corrected chi connectivity index (χ0v) is 10.2. The van der Waals surface area contributed by atoms with E-state index >= 15 is 0 Å². The number of benzene rings is 2. The van der Waals surface area contributed by atoms with Gasteiger partial charge in [-0.1, -0.05) is 55.5 Å². The molecule has 0 fully saturated rings. The number of carbonyl (C=O) groups is 1. The first-order valence-corrected chi connectivity index (χ1v) is 5.72. The van der Waals surface area contributed by atoms with Crippen LogP contribution in [0.4, 0.5) is 4.79 Å². The van der Waals surface area contributed by atoms with E-state index < -0.39 is 6.16 Å². The molecule has 2 aromatic rings. The highest BCUT2D eigenvalue weighted by atomic mass is 16.7. The molecular weight excluding hydrogens is 228 g/mol. The van der Waals surface area contributed by atoms with Gasteiger partial charge in [0.15, 0.2) is 0 Å². The van der Waals surface area contributed by atoms with Crippen LogP contribution in [0.1, 0.15) is 12.5 Å². The molecule has 1 N–H and O–H groups in total. The van der Waals surface area contributed by atoms with Gasteiger partial charge < -0.3 is 9.84 Å². The quantitative estimate of drug-likeness (QED) is 0.641. The van der Waals surface area contributed by atoms with Crippen molar-refractivity contribution in [2.45, 2.75) is 13.3 Å². The van der Waals surface area contributed by atoms with E-state index in [-0.39, 0.29) is 0 Å². The van der Waals surface area contributed by atoms with Crippen molar-refractivity contribution in [2.24, 2.45) is 0 Å². The maximum absolute atomic E-state index is 9.95. The van der Waals surface area contributed by atoms with Crippen molar-refractivity contribution in [1.82, 2.24) is 0 Å². The molecule has 94 valence electrons. The van der Waals surface area contributed by atoms with E-state index in [1.807, 2.05) is 6.07 Å². The highest BCUT2D eigenvalue weighted by Gasteiger charge is 1.96. The van der Waals surface area contributed by atoms with E-state index in [1.54, 1.807) is 30.3 Å². The summed E-state index contributed by atoms with van der Waals surface area (Å²) in [5, 5.41) is 8.14. The fraction of sp³-hybridized carbons (Fsp3) is 0.133. The summed E-state index contributed by atoms with van der Waals surface area (Å²) < 4.78 is 4.33. The number of carboxylic acid groups (broad SMARTS) is 1. The molecule has 3 heteroatoms. The van der Waals surface area contributed by atoms with Crippen molar-refractivity contribution in [3.8, 4) is 5.75 Å². The molecule has 0 bridgehead atoms. The van der Waals surface area contributed by atoms with Crippen LogP contribution in [0.5, 0.6) is 5.75 Å². The molecule has 0 aliphatic heterocycles. The molecule has 0 atom stereocenters. The molecule has 0 amide bonds. The van der Waals surface area contributed by atoms with Crippen molar-refractivity contribution >= 4 is 6.16 Å². The van der Waals surface area contributed by atoms with Crippen LogP contribution in [0, 0.1) is 0 Å². The first-order chi connectivity index (χ1) is 8.72. The zero-order chi connectivity index (χ0) is 13.2. The number of rotatable bonds is 2. The van der Waals surface area contributed by atoms with Gasteiger partial charge in [-0.15, -0.1) is 0 Å². The SMILES string of the molecule is CCc1ccccc1.O=C(O)Oc1ccccc1. The van der Waals surface area contributed by atoms with Gasteiger partial charge in [0, 0.05) is 0 Å². The minimum atomic E-state index is -1.29. The summed E-state index contributed by atoms with van der Waals surface area (Å²) in [6.45, 7) is 2.16. The van der Waals surface area contributed by atoms with Crippen LogP contribution < -0.4 is 4.74 Å². The molecule has 0 saturated heterocycles. The van der Waals surface area contributed by atoms with Gasteiger partial charge in [-0.3, -0.25) is 0 Å². The van der Waals surface area contributed by atoms with Crippen LogP contribution >= 0.6 is 0 Å². The van der Waals surface area contributed by atoms with E-state index in [4.69, 9.17) is 5.11 Å². The molecule has 3 nitrogen and oxygen atoms in total. The highest BCUT2D eigenvalue weighted by molar-refractivity contribution is 5.60. The largest absolute Gasteiger partial charge is 0.511 e. The van der Waals surface area contributed by atoms with E-state index in [2.05, 4.69) is 35.9 Å². The minimum absolute atomic E-state index is 0.343. The van der Waals surface area contributed by atoms with Crippen LogP contribution in [0.15, 0.2) is 60.7 Å². The van der Waals surface area contributed by atoms with E-state index in [1.165, 1.54) is 5.56 Å². The monoisotopic (exact) mass is 244 g/mol. The van der Waals surface area contributed by atoms with Crippen LogP contribution in [0.3, 0.4) is 0 Å². The lowest BCUT2D eigenvalue weighted by molar-refractivity contribution is 0.144. The molecular formula is C15H16O3. The van der Waals surface area contributed by atoms with Crippen molar-refractivity contribution < 1.29 is 14.6 Å². The summed E-state index contributed by atoms with van der Waals surface area (Å²) in [7, 11) is 0. The van der Waals surface area contributed by atoms with Gasteiger partial charge in [-0.2, -0.15) is 0 Å². The van der Waals surface area contributed by atoms with Crippen molar-refractivity contribution in [2.75, 3.05) is 0 Å². The number of ether oxygens (including phenoxy) is 1. The molecule has 0 unspecified atom stereocenters. The Balaban J connectivity index is 0.000000184. The molecule has 2 aromatic carbocycles. The Morgan fingerprint density at radius 3 is 1.89 bits per heavy atom. The summed E-state index contributed by atoms with van der Waals surface area (Å²) in [5.41, 5.74) is 1.41. The molecule has 0 saturated carbocycles. The number of aryl methyl sites for hydroxylation is 1.